The van der Waals surface area contributed by atoms with E-state index < -0.39 is 0 Å². The zero-order chi connectivity index (χ0) is 11.5. The van der Waals surface area contributed by atoms with E-state index in [0.717, 1.165) is 12.6 Å². The summed E-state index contributed by atoms with van der Waals surface area (Å²) in [6, 6.07) is 1.46. The Morgan fingerprint density at radius 1 is 1.47 bits per heavy atom. The van der Waals surface area contributed by atoms with Crippen LogP contribution in [-0.4, -0.2) is 35.6 Å². The monoisotopic (exact) mass is 212 g/mol. The molecule has 1 aliphatic rings. The minimum Gasteiger partial charge on any atom is -0.310 e. The molecule has 1 aliphatic heterocycles. The molecule has 0 amide bonds. The molecule has 90 valence electrons. The van der Waals surface area contributed by atoms with Crippen LogP contribution in [0.4, 0.5) is 0 Å². The zero-order valence-corrected chi connectivity index (χ0v) is 11.1. The number of nitrogens with one attached hydrogen (secondary N) is 1. The fraction of sp³-hybridized carbons (Fsp3) is 1.00. The van der Waals surface area contributed by atoms with Crippen molar-refractivity contribution in [2.75, 3.05) is 13.1 Å². The van der Waals surface area contributed by atoms with Crippen LogP contribution in [0.1, 0.15) is 53.9 Å². The normalized spacial score (nSPS) is 25.8. The average Bonchev–Trinajstić information content (AvgIpc) is 2.61. The molecule has 0 bridgehead atoms. The molecular weight excluding hydrogens is 184 g/mol. The first-order valence-corrected chi connectivity index (χ1v) is 6.47. The predicted octanol–water partition coefficient (Wildman–Crippen LogP) is 2.64. The van der Waals surface area contributed by atoms with Gasteiger partial charge in [-0.1, -0.05) is 6.92 Å². The topological polar surface area (TPSA) is 15.3 Å². The van der Waals surface area contributed by atoms with Gasteiger partial charge in [0.25, 0.3) is 0 Å². The van der Waals surface area contributed by atoms with E-state index in [1.807, 2.05) is 0 Å². The van der Waals surface area contributed by atoms with Gasteiger partial charge in [0.2, 0.25) is 0 Å². The van der Waals surface area contributed by atoms with Gasteiger partial charge in [-0.05, 0) is 53.5 Å². The van der Waals surface area contributed by atoms with Gasteiger partial charge in [-0.3, -0.25) is 4.90 Å². The van der Waals surface area contributed by atoms with Gasteiger partial charge in [0.15, 0.2) is 0 Å². The summed E-state index contributed by atoms with van der Waals surface area (Å²) < 4.78 is 0. The summed E-state index contributed by atoms with van der Waals surface area (Å²) in [5.41, 5.74) is 0.289. The van der Waals surface area contributed by atoms with E-state index in [1.165, 1.54) is 25.8 Å². The lowest BCUT2D eigenvalue weighted by Gasteiger charge is -2.32. The van der Waals surface area contributed by atoms with E-state index in [-0.39, 0.29) is 5.54 Å². The fourth-order valence-corrected chi connectivity index (χ4v) is 2.28. The number of likely N-dealkylation sites (tertiary alicyclic amines) is 1. The third-order valence-electron chi connectivity index (χ3n) is 3.93. The minimum atomic E-state index is 0.289. The Morgan fingerprint density at radius 2 is 2.13 bits per heavy atom. The molecule has 2 unspecified atom stereocenters. The maximum Gasteiger partial charge on any atom is 0.0195 e. The fourth-order valence-electron chi connectivity index (χ4n) is 2.28. The number of hydrogen-bond donors (Lipinski definition) is 1. The van der Waals surface area contributed by atoms with Crippen molar-refractivity contribution in [1.82, 2.24) is 10.2 Å². The third kappa shape index (κ3) is 3.76. The van der Waals surface area contributed by atoms with Crippen LogP contribution in [-0.2, 0) is 0 Å². The van der Waals surface area contributed by atoms with Crippen LogP contribution in [0.2, 0.25) is 0 Å². The number of hydrogen-bond acceptors (Lipinski definition) is 2. The Labute approximate surface area is 95.4 Å². The highest BCUT2D eigenvalue weighted by atomic mass is 15.2. The Bertz CT molecular complexity index is 189. The van der Waals surface area contributed by atoms with Crippen LogP contribution >= 0.6 is 0 Å². The second-order valence-electron chi connectivity index (χ2n) is 5.70. The summed E-state index contributed by atoms with van der Waals surface area (Å²) in [5.74, 6) is 0. The van der Waals surface area contributed by atoms with Crippen molar-refractivity contribution in [3.8, 4) is 0 Å². The lowest BCUT2D eigenvalue weighted by Crippen LogP contribution is -2.48. The second-order valence-corrected chi connectivity index (χ2v) is 5.70. The van der Waals surface area contributed by atoms with Crippen LogP contribution in [0.3, 0.4) is 0 Å². The molecular formula is C13H28N2. The first kappa shape index (κ1) is 13.0. The lowest BCUT2D eigenvalue weighted by molar-refractivity contribution is 0.186. The smallest absolute Gasteiger partial charge is 0.0195 e. The summed E-state index contributed by atoms with van der Waals surface area (Å²) >= 11 is 0. The van der Waals surface area contributed by atoms with Crippen molar-refractivity contribution < 1.29 is 0 Å². The van der Waals surface area contributed by atoms with Gasteiger partial charge >= 0.3 is 0 Å². The van der Waals surface area contributed by atoms with Gasteiger partial charge in [0.05, 0.1) is 0 Å². The summed E-state index contributed by atoms with van der Waals surface area (Å²) in [7, 11) is 0. The van der Waals surface area contributed by atoms with Crippen molar-refractivity contribution in [3.05, 3.63) is 0 Å². The molecule has 1 heterocycles. The Balaban J connectivity index is 2.32. The summed E-state index contributed by atoms with van der Waals surface area (Å²) in [6.45, 7) is 13.9. The molecule has 0 aromatic heterocycles. The first-order valence-electron chi connectivity index (χ1n) is 6.47. The Morgan fingerprint density at radius 3 is 2.60 bits per heavy atom. The van der Waals surface area contributed by atoms with E-state index >= 15 is 0 Å². The molecule has 1 N–H and O–H groups in total. The molecule has 15 heavy (non-hydrogen) atoms. The van der Waals surface area contributed by atoms with Crippen LogP contribution < -0.4 is 5.32 Å². The molecule has 0 saturated carbocycles. The van der Waals surface area contributed by atoms with Gasteiger partial charge in [-0.25, -0.2) is 0 Å². The predicted molar refractivity (Wildman–Crippen MR) is 67.2 cm³/mol. The third-order valence-corrected chi connectivity index (χ3v) is 3.93. The molecule has 1 rings (SSSR count). The molecule has 0 aromatic carbocycles. The van der Waals surface area contributed by atoms with E-state index in [4.69, 9.17) is 0 Å². The van der Waals surface area contributed by atoms with Gasteiger partial charge in [-0.2, -0.15) is 0 Å². The molecule has 0 spiro atoms. The molecule has 0 radical (unpaired) electrons. The van der Waals surface area contributed by atoms with Crippen molar-refractivity contribution in [2.45, 2.75) is 71.5 Å². The molecule has 0 aliphatic carbocycles. The van der Waals surface area contributed by atoms with E-state index in [2.05, 4.69) is 44.8 Å². The van der Waals surface area contributed by atoms with Gasteiger partial charge < -0.3 is 5.32 Å². The maximum absolute atomic E-state index is 3.66. The second kappa shape index (κ2) is 5.31. The van der Waals surface area contributed by atoms with Gasteiger partial charge in [0, 0.05) is 24.2 Å². The SMILES string of the molecule is CCC(C)(C)NCC(C)N1CCCC1C. The maximum atomic E-state index is 3.66. The number of nitrogens with zero attached hydrogens (tertiary/aromatic N) is 1. The Kier molecular flexibility index (Phi) is 4.60. The van der Waals surface area contributed by atoms with Crippen LogP contribution in [0, 0.1) is 0 Å². The van der Waals surface area contributed by atoms with Crippen LogP contribution in [0.5, 0.6) is 0 Å². The van der Waals surface area contributed by atoms with Crippen molar-refractivity contribution in [2.24, 2.45) is 0 Å². The Hall–Kier alpha value is -0.0800. The van der Waals surface area contributed by atoms with Crippen LogP contribution in [0.15, 0.2) is 0 Å². The molecule has 2 heteroatoms. The summed E-state index contributed by atoms with van der Waals surface area (Å²) in [5, 5.41) is 3.66. The zero-order valence-electron chi connectivity index (χ0n) is 11.1. The molecule has 2 nitrogen and oxygen atoms in total. The van der Waals surface area contributed by atoms with Gasteiger partial charge in [-0.15, -0.1) is 0 Å². The lowest BCUT2D eigenvalue weighted by atomic mass is 10.0. The summed E-state index contributed by atoms with van der Waals surface area (Å²) in [4.78, 5) is 2.64. The number of rotatable bonds is 5. The minimum absolute atomic E-state index is 0.289. The average molecular weight is 212 g/mol. The highest BCUT2D eigenvalue weighted by Gasteiger charge is 2.25. The van der Waals surface area contributed by atoms with E-state index in [0.29, 0.717) is 6.04 Å². The highest BCUT2D eigenvalue weighted by Crippen LogP contribution is 2.19. The molecule has 0 aromatic rings. The quantitative estimate of drug-likeness (QED) is 0.753. The highest BCUT2D eigenvalue weighted by molar-refractivity contribution is 4.84. The molecule has 1 saturated heterocycles. The first-order chi connectivity index (χ1) is 6.96. The molecule has 2 atom stereocenters. The van der Waals surface area contributed by atoms with Gasteiger partial charge in [0.1, 0.15) is 0 Å². The molecule has 1 fully saturated rings. The standard InChI is InChI=1S/C13H28N2/c1-6-13(4,5)14-10-12(3)15-9-7-8-11(15)2/h11-12,14H,6-10H2,1-5H3. The van der Waals surface area contributed by atoms with Crippen molar-refractivity contribution in [3.63, 3.8) is 0 Å². The largest absolute Gasteiger partial charge is 0.310 e. The summed E-state index contributed by atoms with van der Waals surface area (Å²) in [6.07, 6.45) is 3.94. The van der Waals surface area contributed by atoms with E-state index in [1.54, 1.807) is 0 Å². The van der Waals surface area contributed by atoms with Crippen molar-refractivity contribution in [1.29, 1.82) is 0 Å². The van der Waals surface area contributed by atoms with Crippen LogP contribution in [0.25, 0.3) is 0 Å². The van der Waals surface area contributed by atoms with Crippen molar-refractivity contribution >= 4 is 0 Å². The van der Waals surface area contributed by atoms with E-state index in [9.17, 15) is 0 Å².